The number of hydrogen-bond donors (Lipinski definition) is 0. The molecule has 1 aliphatic rings. The van der Waals surface area contributed by atoms with E-state index in [1.54, 1.807) is 39.8 Å². The summed E-state index contributed by atoms with van der Waals surface area (Å²) in [6.45, 7) is 0. The second-order valence-electron chi connectivity index (χ2n) is 4.89. The van der Waals surface area contributed by atoms with Gasteiger partial charge in [0.15, 0.2) is 5.76 Å². The number of nitrogens with zero attached hydrogens (tertiary/aromatic N) is 2. The minimum Gasteiger partial charge on any atom is -0.459 e. The Bertz CT molecular complexity index is 789. The van der Waals surface area contributed by atoms with Gasteiger partial charge in [-0.05, 0) is 35.0 Å². The molecule has 0 spiro atoms. The van der Waals surface area contributed by atoms with Gasteiger partial charge in [-0.2, -0.15) is 5.10 Å². The summed E-state index contributed by atoms with van der Waals surface area (Å²) >= 11 is 3.29. The molecule has 0 N–H and O–H groups in total. The molecule has 0 bridgehead atoms. The van der Waals surface area contributed by atoms with E-state index in [0.29, 0.717) is 5.76 Å². The van der Waals surface area contributed by atoms with Gasteiger partial charge in [-0.3, -0.25) is 4.79 Å². The number of carbonyl (C=O) groups excluding carboxylic acids is 1. The summed E-state index contributed by atoms with van der Waals surface area (Å²) in [5.41, 5.74) is 0.952. The van der Waals surface area contributed by atoms with Crippen molar-refractivity contribution in [3.8, 4) is 0 Å². The number of rotatable bonds is 3. The van der Waals surface area contributed by atoms with E-state index in [2.05, 4.69) is 5.10 Å². The fourth-order valence-corrected chi connectivity index (χ4v) is 4.04. The molecule has 1 unspecified atom stereocenters. The molecule has 0 aromatic carbocycles. The van der Waals surface area contributed by atoms with Crippen LogP contribution in [0.4, 0.5) is 0 Å². The lowest BCUT2D eigenvalue weighted by atomic mass is 10.1. The van der Waals surface area contributed by atoms with Crippen LogP contribution in [0.1, 0.15) is 32.8 Å². The van der Waals surface area contributed by atoms with Crippen molar-refractivity contribution in [1.29, 1.82) is 0 Å². The van der Waals surface area contributed by atoms with Gasteiger partial charge in [-0.1, -0.05) is 12.1 Å². The zero-order valence-electron chi connectivity index (χ0n) is 11.5. The Morgan fingerprint density at radius 3 is 2.73 bits per heavy atom. The molecule has 110 valence electrons. The van der Waals surface area contributed by atoms with Crippen LogP contribution in [0, 0.1) is 0 Å². The van der Waals surface area contributed by atoms with Crippen molar-refractivity contribution in [1.82, 2.24) is 5.01 Å². The van der Waals surface area contributed by atoms with Crippen molar-refractivity contribution in [3.05, 3.63) is 68.9 Å². The van der Waals surface area contributed by atoms with E-state index in [1.807, 2.05) is 35.0 Å². The van der Waals surface area contributed by atoms with Crippen molar-refractivity contribution in [2.75, 3.05) is 0 Å². The van der Waals surface area contributed by atoms with Gasteiger partial charge in [-0.15, -0.1) is 22.7 Å². The van der Waals surface area contributed by atoms with Gasteiger partial charge in [0.1, 0.15) is 0 Å². The molecule has 3 aromatic heterocycles. The second-order valence-corrected chi connectivity index (χ2v) is 6.81. The Balaban J connectivity index is 1.71. The number of hydrazone groups is 1. The van der Waals surface area contributed by atoms with Crippen LogP contribution in [0.3, 0.4) is 0 Å². The maximum Gasteiger partial charge on any atom is 0.310 e. The van der Waals surface area contributed by atoms with Crippen LogP contribution in [0.15, 0.2) is 62.9 Å². The first-order valence-corrected chi connectivity index (χ1v) is 8.60. The fraction of sp³-hybridized carbons (Fsp3) is 0.125. The lowest BCUT2D eigenvalue weighted by Gasteiger charge is -2.19. The van der Waals surface area contributed by atoms with Gasteiger partial charge >= 0.3 is 5.91 Å². The molecule has 0 radical (unpaired) electrons. The molecule has 4 nitrogen and oxygen atoms in total. The summed E-state index contributed by atoms with van der Waals surface area (Å²) < 4.78 is 5.24. The molecule has 0 aliphatic carbocycles. The average molecular weight is 328 g/mol. The minimum absolute atomic E-state index is 0.0605. The highest BCUT2D eigenvalue weighted by Crippen LogP contribution is 2.36. The molecule has 1 aliphatic heterocycles. The van der Waals surface area contributed by atoms with Crippen LogP contribution in [0.5, 0.6) is 0 Å². The highest BCUT2D eigenvalue weighted by molar-refractivity contribution is 7.12. The normalized spacial score (nSPS) is 17.7. The van der Waals surface area contributed by atoms with Crippen LogP contribution in [0.2, 0.25) is 0 Å². The van der Waals surface area contributed by atoms with Crippen molar-refractivity contribution >= 4 is 34.3 Å². The van der Waals surface area contributed by atoms with E-state index >= 15 is 0 Å². The van der Waals surface area contributed by atoms with Gasteiger partial charge < -0.3 is 4.42 Å². The molecule has 0 fully saturated rings. The van der Waals surface area contributed by atoms with Crippen LogP contribution in [-0.4, -0.2) is 16.6 Å². The van der Waals surface area contributed by atoms with E-state index < -0.39 is 0 Å². The monoisotopic (exact) mass is 328 g/mol. The predicted molar refractivity (Wildman–Crippen MR) is 87.4 cm³/mol. The highest BCUT2D eigenvalue weighted by atomic mass is 32.1. The van der Waals surface area contributed by atoms with Crippen LogP contribution < -0.4 is 0 Å². The number of furan rings is 1. The molecule has 22 heavy (non-hydrogen) atoms. The molecule has 1 atom stereocenters. The van der Waals surface area contributed by atoms with E-state index in [0.717, 1.165) is 21.9 Å². The quantitative estimate of drug-likeness (QED) is 0.715. The lowest BCUT2D eigenvalue weighted by Crippen LogP contribution is -2.26. The van der Waals surface area contributed by atoms with E-state index in [-0.39, 0.29) is 11.9 Å². The number of amides is 1. The lowest BCUT2D eigenvalue weighted by molar-refractivity contribution is 0.0681. The van der Waals surface area contributed by atoms with Crippen LogP contribution in [-0.2, 0) is 0 Å². The molecule has 0 saturated heterocycles. The summed E-state index contributed by atoms with van der Waals surface area (Å²) in [5, 5.41) is 10.2. The smallest absolute Gasteiger partial charge is 0.310 e. The van der Waals surface area contributed by atoms with Gasteiger partial charge in [0.05, 0.1) is 22.9 Å². The second kappa shape index (κ2) is 5.55. The molecule has 4 heterocycles. The maximum absolute atomic E-state index is 12.7. The number of hydrogen-bond acceptors (Lipinski definition) is 5. The summed E-state index contributed by atoms with van der Waals surface area (Å²) in [7, 11) is 0. The molecule has 6 heteroatoms. The molecular formula is C16H12N2O2S2. The Labute approximate surface area is 135 Å². The summed E-state index contributed by atoms with van der Waals surface area (Å²) in [5.74, 6) is 0.118. The van der Waals surface area contributed by atoms with Crippen molar-refractivity contribution in [3.63, 3.8) is 0 Å². The van der Waals surface area contributed by atoms with E-state index in [1.165, 1.54) is 6.26 Å². The Morgan fingerprint density at radius 1 is 1.18 bits per heavy atom. The SMILES string of the molecule is O=C(c1ccco1)N1N=C(c2cccs2)CC1c1cccs1. The fourth-order valence-electron chi connectivity index (χ4n) is 2.50. The predicted octanol–water partition coefficient (Wildman–Crippen LogP) is 4.39. The van der Waals surface area contributed by atoms with Crippen molar-refractivity contribution in [2.24, 2.45) is 5.10 Å². The minimum atomic E-state index is -0.199. The molecule has 1 amide bonds. The zero-order valence-corrected chi connectivity index (χ0v) is 13.1. The van der Waals surface area contributed by atoms with Gasteiger partial charge in [-0.25, -0.2) is 5.01 Å². The number of carbonyl (C=O) groups is 1. The molecule has 0 saturated carbocycles. The third kappa shape index (κ3) is 2.30. The highest BCUT2D eigenvalue weighted by Gasteiger charge is 2.35. The third-order valence-corrected chi connectivity index (χ3v) is 5.42. The topological polar surface area (TPSA) is 45.8 Å². The average Bonchev–Trinajstić information content (AvgIpc) is 3.35. The van der Waals surface area contributed by atoms with Crippen molar-refractivity contribution in [2.45, 2.75) is 12.5 Å². The zero-order chi connectivity index (χ0) is 14.9. The Hall–Kier alpha value is -2.18. The summed E-state index contributed by atoms with van der Waals surface area (Å²) in [6.07, 6.45) is 2.24. The molecular weight excluding hydrogens is 316 g/mol. The maximum atomic E-state index is 12.7. The van der Waals surface area contributed by atoms with Crippen LogP contribution >= 0.6 is 22.7 Å². The van der Waals surface area contributed by atoms with E-state index in [4.69, 9.17) is 4.42 Å². The largest absolute Gasteiger partial charge is 0.459 e. The molecule has 3 aromatic rings. The van der Waals surface area contributed by atoms with Gasteiger partial charge in [0, 0.05) is 11.3 Å². The standard InChI is InChI=1S/C16H12N2O2S2/c19-16(13-4-1-7-20-13)18-12(15-6-3-9-22-15)10-11(17-18)14-5-2-8-21-14/h1-9,12H,10H2. The Kier molecular flexibility index (Phi) is 3.40. The molecule has 4 rings (SSSR count). The first kappa shape index (κ1) is 13.5. The first-order chi connectivity index (χ1) is 10.8. The third-order valence-electron chi connectivity index (χ3n) is 3.53. The van der Waals surface area contributed by atoms with E-state index in [9.17, 15) is 4.79 Å². The van der Waals surface area contributed by atoms with Crippen LogP contribution in [0.25, 0.3) is 0 Å². The van der Waals surface area contributed by atoms with Crippen molar-refractivity contribution < 1.29 is 9.21 Å². The summed E-state index contributed by atoms with van der Waals surface area (Å²) in [4.78, 5) is 14.9. The number of thiophene rings is 2. The van der Waals surface area contributed by atoms with Gasteiger partial charge in [0.25, 0.3) is 0 Å². The Morgan fingerprint density at radius 2 is 2.05 bits per heavy atom. The first-order valence-electron chi connectivity index (χ1n) is 6.85. The summed E-state index contributed by atoms with van der Waals surface area (Å²) in [6, 6.07) is 11.4. The van der Waals surface area contributed by atoms with Gasteiger partial charge in [0.2, 0.25) is 0 Å².